The van der Waals surface area contributed by atoms with Crippen molar-refractivity contribution >= 4 is 21.7 Å². The van der Waals surface area contributed by atoms with E-state index in [1.165, 1.54) is 0 Å². The van der Waals surface area contributed by atoms with E-state index in [9.17, 15) is 4.21 Å². The summed E-state index contributed by atoms with van der Waals surface area (Å²) >= 11 is 0. The summed E-state index contributed by atoms with van der Waals surface area (Å²) in [5, 5.41) is 4.40. The normalized spacial score (nSPS) is 12.5. The van der Waals surface area contributed by atoms with Crippen molar-refractivity contribution in [3.8, 4) is 5.75 Å². The molecule has 0 spiro atoms. The standard InChI is InChI=1S/C15H20N2O2S/c1-19-14-6-3-5-12-7-8-13(17-15(12)14)11-16-9-4-10-20(2)18/h3,5-8,16H,4,9-11H2,1-2H3. The Morgan fingerprint density at radius 3 is 2.90 bits per heavy atom. The molecular formula is C15H20N2O2S. The van der Waals surface area contributed by atoms with Gasteiger partial charge < -0.3 is 10.1 Å². The summed E-state index contributed by atoms with van der Waals surface area (Å²) in [6.45, 7) is 1.57. The van der Waals surface area contributed by atoms with E-state index in [0.717, 1.165) is 41.1 Å². The van der Waals surface area contributed by atoms with E-state index in [0.29, 0.717) is 6.54 Å². The van der Waals surface area contributed by atoms with Gasteiger partial charge in [0, 0.05) is 34.7 Å². The molecule has 0 aliphatic rings. The van der Waals surface area contributed by atoms with E-state index in [2.05, 4.69) is 16.4 Å². The lowest BCUT2D eigenvalue weighted by molar-refractivity contribution is 0.418. The van der Waals surface area contributed by atoms with E-state index >= 15 is 0 Å². The van der Waals surface area contributed by atoms with Gasteiger partial charge in [0.25, 0.3) is 0 Å². The van der Waals surface area contributed by atoms with Crippen LogP contribution in [0, 0.1) is 0 Å². The van der Waals surface area contributed by atoms with Crippen LogP contribution in [0.3, 0.4) is 0 Å². The molecule has 1 aromatic heterocycles. The molecule has 0 aliphatic carbocycles. The maximum absolute atomic E-state index is 11.0. The van der Waals surface area contributed by atoms with Crippen LogP contribution in [0.4, 0.5) is 0 Å². The number of ether oxygens (including phenoxy) is 1. The molecule has 0 saturated heterocycles. The minimum atomic E-state index is -0.709. The second-order valence-corrected chi connectivity index (χ2v) is 6.20. The number of fused-ring (bicyclic) bond motifs is 1. The minimum absolute atomic E-state index is 0.709. The van der Waals surface area contributed by atoms with E-state index < -0.39 is 10.8 Å². The zero-order valence-corrected chi connectivity index (χ0v) is 12.7. The van der Waals surface area contributed by atoms with E-state index in [-0.39, 0.29) is 0 Å². The molecule has 4 nitrogen and oxygen atoms in total. The molecule has 0 radical (unpaired) electrons. The number of hydrogen-bond donors (Lipinski definition) is 1. The average Bonchev–Trinajstić information content (AvgIpc) is 2.45. The Bertz CT molecular complexity index is 601. The van der Waals surface area contributed by atoms with Crippen LogP contribution in [0.1, 0.15) is 12.1 Å². The topological polar surface area (TPSA) is 51.2 Å². The van der Waals surface area contributed by atoms with Crippen LogP contribution in [0.2, 0.25) is 0 Å². The number of nitrogens with zero attached hydrogens (tertiary/aromatic N) is 1. The smallest absolute Gasteiger partial charge is 0.145 e. The fourth-order valence-electron chi connectivity index (χ4n) is 2.04. The predicted octanol–water partition coefficient (Wildman–Crippen LogP) is 2.10. The number of methoxy groups -OCH3 is 1. The van der Waals surface area contributed by atoms with Crippen molar-refractivity contribution in [2.24, 2.45) is 0 Å². The van der Waals surface area contributed by atoms with Gasteiger partial charge in [-0.05, 0) is 25.1 Å². The molecule has 0 fully saturated rings. The maximum atomic E-state index is 11.0. The van der Waals surface area contributed by atoms with Crippen LogP contribution in [-0.2, 0) is 17.3 Å². The second kappa shape index (κ2) is 7.36. The average molecular weight is 292 g/mol. The molecule has 5 heteroatoms. The molecule has 2 rings (SSSR count). The van der Waals surface area contributed by atoms with Crippen molar-refractivity contribution in [3.63, 3.8) is 0 Å². The van der Waals surface area contributed by atoms with Gasteiger partial charge in [0.2, 0.25) is 0 Å². The van der Waals surface area contributed by atoms with Crippen LogP contribution < -0.4 is 10.1 Å². The zero-order chi connectivity index (χ0) is 14.4. The van der Waals surface area contributed by atoms with Gasteiger partial charge in [-0.3, -0.25) is 4.21 Å². The lowest BCUT2D eigenvalue weighted by Gasteiger charge is -2.08. The summed E-state index contributed by atoms with van der Waals surface area (Å²) in [5.41, 5.74) is 1.88. The summed E-state index contributed by atoms with van der Waals surface area (Å²) in [5.74, 6) is 1.54. The molecule has 1 N–H and O–H groups in total. The Morgan fingerprint density at radius 1 is 1.30 bits per heavy atom. The SMILES string of the molecule is COc1cccc2ccc(CNCCCS(C)=O)nc12. The van der Waals surface area contributed by atoms with Gasteiger partial charge in [-0.2, -0.15) is 0 Å². The number of rotatable bonds is 7. The monoisotopic (exact) mass is 292 g/mol. The largest absolute Gasteiger partial charge is 0.494 e. The van der Waals surface area contributed by atoms with Gasteiger partial charge in [-0.1, -0.05) is 18.2 Å². The van der Waals surface area contributed by atoms with Gasteiger partial charge >= 0.3 is 0 Å². The molecule has 0 aliphatic heterocycles. The van der Waals surface area contributed by atoms with Crippen LogP contribution >= 0.6 is 0 Å². The first-order valence-electron chi connectivity index (χ1n) is 6.64. The Kier molecular flexibility index (Phi) is 5.49. The summed E-state index contributed by atoms with van der Waals surface area (Å²) in [6.07, 6.45) is 2.65. The first kappa shape index (κ1) is 14.9. The highest BCUT2D eigenvalue weighted by molar-refractivity contribution is 7.84. The van der Waals surface area contributed by atoms with E-state index in [4.69, 9.17) is 4.74 Å². The van der Waals surface area contributed by atoms with E-state index in [1.807, 2.05) is 24.3 Å². The fourth-order valence-corrected chi connectivity index (χ4v) is 2.59. The Balaban J connectivity index is 1.99. The van der Waals surface area contributed by atoms with Crippen molar-refractivity contribution in [1.29, 1.82) is 0 Å². The number of benzene rings is 1. The summed E-state index contributed by atoms with van der Waals surface area (Å²) < 4.78 is 16.3. The molecule has 1 aromatic carbocycles. The molecule has 0 amide bonds. The fraction of sp³-hybridized carbons (Fsp3) is 0.400. The summed E-state index contributed by atoms with van der Waals surface area (Å²) in [6, 6.07) is 9.99. The van der Waals surface area contributed by atoms with Gasteiger partial charge in [-0.25, -0.2) is 4.98 Å². The third-order valence-electron chi connectivity index (χ3n) is 3.05. The van der Waals surface area contributed by atoms with Crippen LogP contribution in [-0.4, -0.2) is 34.9 Å². The highest BCUT2D eigenvalue weighted by Crippen LogP contribution is 2.23. The number of para-hydroxylation sites is 1. The molecule has 1 atom stereocenters. The highest BCUT2D eigenvalue weighted by atomic mass is 32.2. The number of pyridine rings is 1. The molecule has 20 heavy (non-hydrogen) atoms. The van der Waals surface area contributed by atoms with Crippen molar-refractivity contribution < 1.29 is 8.95 Å². The lowest BCUT2D eigenvalue weighted by Crippen LogP contribution is -2.17. The van der Waals surface area contributed by atoms with Crippen molar-refractivity contribution in [2.45, 2.75) is 13.0 Å². The van der Waals surface area contributed by atoms with Crippen molar-refractivity contribution in [1.82, 2.24) is 10.3 Å². The minimum Gasteiger partial charge on any atom is -0.494 e. The molecule has 0 bridgehead atoms. The quantitative estimate of drug-likeness (QED) is 0.794. The number of aromatic nitrogens is 1. The molecule has 2 aromatic rings. The summed E-state index contributed by atoms with van der Waals surface area (Å²) in [4.78, 5) is 4.63. The molecule has 1 heterocycles. The van der Waals surface area contributed by atoms with Crippen LogP contribution in [0.25, 0.3) is 10.9 Å². The molecular weight excluding hydrogens is 272 g/mol. The lowest BCUT2D eigenvalue weighted by atomic mass is 10.2. The molecule has 1 unspecified atom stereocenters. The van der Waals surface area contributed by atoms with Gasteiger partial charge in [0.1, 0.15) is 11.3 Å². The Labute approximate surface area is 122 Å². The predicted molar refractivity (Wildman–Crippen MR) is 83.6 cm³/mol. The van der Waals surface area contributed by atoms with Crippen molar-refractivity contribution in [3.05, 3.63) is 36.0 Å². The molecule has 0 saturated carbocycles. The number of hydrogen-bond acceptors (Lipinski definition) is 4. The van der Waals surface area contributed by atoms with Gasteiger partial charge in [-0.15, -0.1) is 0 Å². The maximum Gasteiger partial charge on any atom is 0.145 e. The first-order chi connectivity index (χ1) is 9.70. The van der Waals surface area contributed by atoms with E-state index in [1.54, 1.807) is 13.4 Å². The van der Waals surface area contributed by atoms with Gasteiger partial charge in [0.05, 0.1) is 12.8 Å². The van der Waals surface area contributed by atoms with Crippen LogP contribution in [0.5, 0.6) is 5.75 Å². The highest BCUT2D eigenvalue weighted by Gasteiger charge is 2.03. The third-order valence-corrected chi connectivity index (χ3v) is 3.92. The summed E-state index contributed by atoms with van der Waals surface area (Å²) in [7, 11) is 0.950. The van der Waals surface area contributed by atoms with Gasteiger partial charge in [0.15, 0.2) is 0 Å². The van der Waals surface area contributed by atoms with Crippen LogP contribution in [0.15, 0.2) is 30.3 Å². The number of nitrogens with one attached hydrogen (secondary N) is 1. The second-order valence-electron chi connectivity index (χ2n) is 4.64. The van der Waals surface area contributed by atoms with Crippen molar-refractivity contribution in [2.75, 3.05) is 25.7 Å². The zero-order valence-electron chi connectivity index (χ0n) is 11.9. The Hall–Kier alpha value is -1.46. The Morgan fingerprint density at radius 2 is 2.15 bits per heavy atom. The first-order valence-corrected chi connectivity index (χ1v) is 8.37. The third kappa shape index (κ3) is 4.02. The molecule has 108 valence electrons.